The van der Waals surface area contributed by atoms with E-state index in [0.29, 0.717) is 64.0 Å². The lowest BCUT2D eigenvalue weighted by Crippen LogP contribution is -2.33. The lowest BCUT2D eigenvalue weighted by atomic mass is 10.1. The van der Waals surface area contributed by atoms with Crippen LogP contribution in [0.5, 0.6) is 11.5 Å². The van der Waals surface area contributed by atoms with Crippen molar-refractivity contribution >= 4 is 39.1 Å². The van der Waals surface area contributed by atoms with Crippen LogP contribution in [0.25, 0.3) is 10.2 Å². The molecule has 198 valence electrons. The molecule has 0 aliphatic carbocycles. The summed E-state index contributed by atoms with van der Waals surface area (Å²) in [4.78, 5) is 43.8. The number of benzene rings is 2. The second-order valence-electron chi connectivity index (χ2n) is 8.48. The Morgan fingerprint density at radius 3 is 2.50 bits per heavy atom. The van der Waals surface area contributed by atoms with E-state index in [4.69, 9.17) is 9.47 Å². The quantitative estimate of drug-likeness (QED) is 0.299. The Kier molecular flexibility index (Phi) is 8.75. The normalized spacial score (nSPS) is 10.8. The highest BCUT2D eigenvalue weighted by Crippen LogP contribution is 2.29. The zero-order valence-electron chi connectivity index (χ0n) is 21.6. The van der Waals surface area contributed by atoms with Crippen LogP contribution in [0, 0.1) is 6.92 Å². The van der Waals surface area contributed by atoms with Gasteiger partial charge in [0.15, 0.2) is 11.5 Å². The third-order valence-corrected chi connectivity index (χ3v) is 7.01. The second kappa shape index (κ2) is 12.4. The van der Waals surface area contributed by atoms with Crippen molar-refractivity contribution in [2.24, 2.45) is 0 Å². The third kappa shape index (κ3) is 6.20. The molecule has 0 bridgehead atoms. The lowest BCUT2D eigenvalue weighted by molar-refractivity contribution is -0.121. The first-order valence-corrected chi connectivity index (χ1v) is 13.2. The zero-order chi connectivity index (χ0) is 27.1. The Morgan fingerprint density at radius 1 is 1.03 bits per heavy atom. The van der Waals surface area contributed by atoms with Gasteiger partial charge in [-0.3, -0.25) is 19.0 Å². The van der Waals surface area contributed by atoms with Gasteiger partial charge in [0.25, 0.3) is 11.5 Å². The predicted molar refractivity (Wildman–Crippen MR) is 149 cm³/mol. The molecule has 2 N–H and O–H groups in total. The maximum atomic E-state index is 13.2. The summed E-state index contributed by atoms with van der Waals surface area (Å²) >= 11 is 1.16. The van der Waals surface area contributed by atoms with Gasteiger partial charge in [0, 0.05) is 12.2 Å². The van der Waals surface area contributed by atoms with Crippen LogP contribution < -0.4 is 25.7 Å². The van der Waals surface area contributed by atoms with Crippen LogP contribution in [-0.2, 0) is 17.8 Å². The minimum absolute atomic E-state index is 0.171. The topological polar surface area (TPSA) is 112 Å². The highest BCUT2D eigenvalue weighted by Gasteiger charge is 2.20. The summed E-state index contributed by atoms with van der Waals surface area (Å²) in [7, 11) is 0. The number of carbonyl (C=O) groups is 2. The number of hydrogen-bond donors (Lipinski definition) is 2. The first-order valence-electron chi connectivity index (χ1n) is 12.4. The lowest BCUT2D eigenvalue weighted by Gasteiger charge is -2.13. The van der Waals surface area contributed by atoms with Crippen molar-refractivity contribution in [1.82, 2.24) is 14.9 Å². The molecule has 0 unspecified atom stereocenters. The van der Waals surface area contributed by atoms with Gasteiger partial charge in [0.1, 0.15) is 11.4 Å². The number of thiophene rings is 1. The summed E-state index contributed by atoms with van der Waals surface area (Å²) in [5.41, 5.74) is 1.85. The number of aromatic nitrogens is 2. The monoisotopic (exact) mass is 534 g/mol. The number of hydrogen-bond acceptors (Lipinski definition) is 7. The Labute approximate surface area is 224 Å². The first-order chi connectivity index (χ1) is 18.4. The Hall–Kier alpha value is -4.18. The van der Waals surface area contributed by atoms with E-state index in [1.807, 2.05) is 50.2 Å². The van der Waals surface area contributed by atoms with E-state index in [-0.39, 0.29) is 23.9 Å². The van der Waals surface area contributed by atoms with Gasteiger partial charge in [0.2, 0.25) is 5.91 Å². The van der Waals surface area contributed by atoms with Crippen molar-refractivity contribution in [3.05, 3.63) is 81.2 Å². The number of anilines is 1. The van der Waals surface area contributed by atoms with Crippen molar-refractivity contribution in [3.63, 3.8) is 0 Å². The first kappa shape index (κ1) is 26.9. The minimum Gasteiger partial charge on any atom is -0.490 e. The summed E-state index contributed by atoms with van der Waals surface area (Å²) in [5.74, 6) is 0.752. The molecule has 0 aliphatic heterocycles. The fourth-order valence-corrected chi connectivity index (χ4v) is 5.04. The summed E-state index contributed by atoms with van der Waals surface area (Å²) in [6.45, 7) is 6.84. The van der Waals surface area contributed by atoms with Crippen LogP contribution in [0.15, 0.2) is 59.7 Å². The Morgan fingerprint density at radius 2 is 1.76 bits per heavy atom. The molecule has 0 fully saturated rings. The summed E-state index contributed by atoms with van der Waals surface area (Å²) in [6.07, 6.45) is 1.94. The molecule has 2 heterocycles. The molecule has 10 heteroatoms. The maximum absolute atomic E-state index is 13.2. The molecule has 0 radical (unpaired) electrons. The van der Waals surface area contributed by atoms with Crippen molar-refractivity contribution in [3.8, 4) is 11.5 Å². The number of para-hydroxylation sites is 1. The maximum Gasteiger partial charge on any atom is 0.266 e. The van der Waals surface area contributed by atoms with Crippen molar-refractivity contribution in [2.45, 2.75) is 33.7 Å². The van der Waals surface area contributed by atoms with Gasteiger partial charge in [-0.15, -0.1) is 11.3 Å². The van der Waals surface area contributed by atoms with Crippen molar-refractivity contribution in [2.75, 3.05) is 25.1 Å². The standard InChI is InChI=1S/C28H30N4O5S/c1-4-36-21-12-11-19(15-22(21)37-5-2)13-14-29-23(33)16-32-17-30-27-24(28(32)35)18(3)25(38-27)26(34)31-20-9-7-6-8-10-20/h6-12,15,17H,4-5,13-14,16H2,1-3H3,(H,29,33)(H,31,34). The number of nitrogens with zero attached hydrogens (tertiary/aromatic N) is 2. The highest BCUT2D eigenvalue weighted by molar-refractivity contribution is 7.20. The zero-order valence-corrected chi connectivity index (χ0v) is 22.4. The van der Waals surface area contributed by atoms with Crippen molar-refractivity contribution in [1.29, 1.82) is 0 Å². The number of amides is 2. The fraction of sp³-hybridized carbons (Fsp3) is 0.286. The third-order valence-electron chi connectivity index (χ3n) is 5.81. The summed E-state index contributed by atoms with van der Waals surface area (Å²) < 4.78 is 12.5. The van der Waals surface area contributed by atoms with Gasteiger partial charge < -0.3 is 20.1 Å². The van der Waals surface area contributed by atoms with Gasteiger partial charge in [-0.25, -0.2) is 4.98 Å². The van der Waals surface area contributed by atoms with Gasteiger partial charge in [-0.05, 0) is 62.6 Å². The number of nitrogens with one attached hydrogen (secondary N) is 2. The van der Waals surface area contributed by atoms with Crippen LogP contribution in [0.4, 0.5) is 5.69 Å². The second-order valence-corrected chi connectivity index (χ2v) is 9.48. The smallest absolute Gasteiger partial charge is 0.266 e. The van der Waals surface area contributed by atoms with Crippen LogP contribution in [-0.4, -0.2) is 41.1 Å². The molecule has 0 aliphatic rings. The molecule has 0 saturated heterocycles. The molecule has 38 heavy (non-hydrogen) atoms. The van der Waals surface area contributed by atoms with Crippen LogP contribution in [0.1, 0.15) is 34.6 Å². The number of rotatable bonds is 11. The molecular weight excluding hydrogens is 504 g/mol. The van der Waals surface area contributed by atoms with Crippen LogP contribution in [0.3, 0.4) is 0 Å². The van der Waals surface area contributed by atoms with Crippen molar-refractivity contribution < 1.29 is 19.1 Å². The minimum atomic E-state index is -0.356. The van der Waals surface area contributed by atoms with E-state index in [1.165, 1.54) is 10.9 Å². The van der Waals surface area contributed by atoms with E-state index >= 15 is 0 Å². The van der Waals surface area contributed by atoms with E-state index in [0.717, 1.165) is 16.9 Å². The van der Waals surface area contributed by atoms with E-state index in [1.54, 1.807) is 19.1 Å². The molecule has 2 aromatic heterocycles. The molecule has 2 amide bonds. The Balaban J connectivity index is 1.40. The SMILES string of the molecule is CCOc1ccc(CCNC(=O)Cn2cnc3sc(C(=O)Nc4ccccc4)c(C)c3c2=O)cc1OCC. The van der Waals surface area contributed by atoms with Crippen LogP contribution >= 0.6 is 11.3 Å². The fourth-order valence-electron chi connectivity index (χ4n) is 4.01. The van der Waals surface area contributed by atoms with Gasteiger partial charge in [-0.2, -0.15) is 0 Å². The van der Waals surface area contributed by atoms with Gasteiger partial charge in [0.05, 0.1) is 29.8 Å². The largest absolute Gasteiger partial charge is 0.490 e. The van der Waals surface area contributed by atoms with Gasteiger partial charge in [-0.1, -0.05) is 24.3 Å². The van der Waals surface area contributed by atoms with E-state index in [2.05, 4.69) is 15.6 Å². The predicted octanol–water partition coefficient (Wildman–Crippen LogP) is 4.18. The summed E-state index contributed by atoms with van der Waals surface area (Å²) in [6, 6.07) is 14.8. The van der Waals surface area contributed by atoms with E-state index in [9.17, 15) is 14.4 Å². The molecule has 4 rings (SSSR count). The summed E-state index contributed by atoms with van der Waals surface area (Å²) in [5, 5.41) is 6.04. The molecular formula is C28H30N4O5S. The molecule has 0 atom stereocenters. The van der Waals surface area contributed by atoms with Gasteiger partial charge >= 0.3 is 0 Å². The van der Waals surface area contributed by atoms with E-state index < -0.39 is 0 Å². The molecule has 0 spiro atoms. The molecule has 0 saturated carbocycles. The molecule has 9 nitrogen and oxygen atoms in total. The molecule has 4 aromatic rings. The molecule has 2 aromatic carbocycles. The average Bonchev–Trinajstić information content (AvgIpc) is 3.25. The number of aryl methyl sites for hydroxylation is 1. The number of ether oxygens (including phenoxy) is 2. The number of carbonyl (C=O) groups excluding carboxylic acids is 2. The Bertz CT molecular complexity index is 1500. The number of fused-ring (bicyclic) bond motifs is 1. The average molecular weight is 535 g/mol. The van der Waals surface area contributed by atoms with Crippen LogP contribution in [0.2, 0.25) is 0 Å². The highest BCUT2D eigenvalue weighted by atomic mass is 32.1.